The molecule has 0 amide bonds. The van der Waals surface area contributed by atoms with Gasteiger partial charge in [0.2, 0.25) is 0 Å². The fourth-order valence-corrected chi connectivity index (χ4v) is 2.97. The van der Waals surface area contributed by atoms with Gasteiger partial charge in [0, 0.05) is 11.1 Å². The van der Waals surface area contributed by atoms with Gasteiger partial charge in [-0.25, -0.2) is 17.6 Å². The fraction of sp³-hybridized carbons (Fsp3) is 0.120. The lowest BCUT2D eigenvalue weighted by Gasteiger charge is -2.07. The highest BCUT2D eigenvalue weighted by atomic mass is 19.2. The molecule has 0 heterocycles. The number of aryl methyl sites for hydroxylation is 1. The predicted octanol–water partition coefficient (Wildman–Crippen LogP) is 7.01. The van der Waals surface area contributed by atoms with Gasteiger partial charge in [-0.3, -0.25) is 0 Å². The Morgan fingerprint density at radius 3 is 2.14 bits per heavy atom. The second-order valence-electron chi connectivity index (χ2n) is 6.41. The van der Waals surface area contributed by atoms with Gasteiger partial charge in [0.25, 0.3) is 0 Å². The molecular formula is C25H18F4. The van der Waals surface area contributed by atoms with Crippen molar-refractivity contribution in [2.24, 2.45) is 0 Å². The van der Waals surface area contributed by atoms with Gasteiger partial charge >= 0.3 is 0 Å². The van der Waals surface area contributed by atoms with Gasteiger partial charge in [-0.1, -0.05) is 61.4 Å². The summed E-state index contributed by atoms with van der Waals surface area (Å²) >= 11 is 0. The summed E-state index contributed by atoms with van der Waals surface area (Å²) < 4.78 is 56.4. The Labute approximate surface area is 167 Å². The lowest BCUT2D eigenvalue weighted by molar-refractivity contribution is 0.498. The molecule has 0 N–H and O–H groups in total. The van der Waals surface area contributed by atoms with E-state index in [4.69, 9.17) is 0 Å². The maximum atomic E-state index is 14.4. The van der Waals surface area contributed by atoms with E-state index in [1.165, 1.54) is 24.3 Å². The van der Waals surface area contributed by atoms with Crippen molar-refractivity contribution in [3.8, 4) is 23.0 Å². The van der Waals surface area contributed by atoms with Gasteiger partial charge in [-0.05, 0) is 42.2 Å². The number of rotatable bonds is 4. The van der Waals surface area contributed by atoms with Crippen molar-refractivity contribution in [1.29, 1.82) is 0 Å². The van der Waals surface area contributed by atoms with Crippen LogP contribution in [0, 0.1) is 35.1 Å². The molecule has 3 aromatic rings. The average molecular weight is 394 g/mol. The van der Waals surface area contributed by atoms with Gasteiger partial charge in [0.1, 0.15) is 0 Å². The molecule has 3 aromatic carbocycles. The zero-order chi connectivity index (χ0) is 21.0. The summed E-state index contributed by atoms with van der Waals surface area (Å²) in [5.41, 5.74) is 1.82. The van der Waals surface area contributed by atoms with Crippen LogP contribution in [0.1, 0.15) is 36.1 Å². The van der Waals surface area contributed by atoms with Crippen LogP contribution in [0.25, 0.3) is 23.3 Å². The van der Waals surface area contributed by atoms with Gasteiger partial charge in [0.15, 0.2) is 23.3 Å². The molecule has 0 aliphatic heterocycles. The molecule has 29 heavy (non-hydrogen) atoms. The standard InChI is InChI=1S/C25H18F4/c1-3-5-19-14-15-21(25(29)24(19)28)18-9-6-16(7-10-18)8-11-20-13-12-17(4-2)22(26)23(20)27/h6-15H,4H2,1-2H3/b11-8+. The minimum Gasteiger partial charge on any atom is -0.203 e. The molecule has 0 fully saturated rings. The van der Waals surface area contributed by atoms with Crippen molar-refractivity contribution >= 4 is 12.2 Å². The second-order valence-corrected chi connectivity index (χ2v) is 6.41. The van der Waals surface area contributed by atoms with Crippen molar-refractivity contribution in [2.45, 2.75) is 20.3 Å². The highest BCUT2D eigenvalue weighted by Gasteiger charge is 2.14. The Kier molecular flexibility index (Phi) is 6.19. The molecular weight excluding hydrogens is 376 g/mol. The van der Waals surface area contributed by atoms with E-state index >= 15 is 0 Å². The number of hydrogen-bond acceptors (Lipinski definition) is 0. The summed E-state index contributed by atoms with van der Waals surface area (Å²) in [5, 5.41) is 0. The third-order valence-corrected chi connectivity index (χ3v) is 4.59. The lowest BCUT2D eigenvalue weighted by atomic mass is 10.0. The molecule has 0 saturated heterocycles. The normalized spacial score (nSPS) is 10.8. The summed E-state index contributed by atoms with van der Waals surface area (Å²) in [5.74, 6) is 1.41. The van der Waals surface area contributed by atoms with Crippen LogP contribution in [0.2, 0.25) is 0 Å². The van der Waals surface area contributed by atoms with Crippen molar-refractivity contribution in [3.63, 3.8) is 0 Å². The van der Waals surface area contributed by atoms with Crippen LogP contribution in [0.15, 0.2) is 48.5 Å². The van der Waals surface area contributed by atoms with E-state index in [1.807, 2.05) is 0 Å². The Bertz CT molecular complexity index is 1130. The zero-order valence-electron chi connectivity index (χ0n) is 16.0. The third kappa shape index (κ3) is 4.25. The van der Waals surface area contributed by atoms with Crippen LogP contribution in [0.4, 0.5) is 17.6 Å². The van der Waals surface area contributed by atoms with Crippen molar-refractivity contribution in [1.82, 2.24) is 0 Å². The summed E-state index contributed by atoms with van der Waals surface area (Å²) in [6.07, 6.45) is 3.52. The number of benzene rings is 3. The molecule has 0 unspecified atom stereocenters. The van der Waals surface area contributed by atoms with Crippen LogP contribution in [-0.4, -0.2) is 0 Å². The number of halogens is 4. The predicted molar refractivity (Wildman–Crippen MR) is 109 cm³/mol. The van der Waals surface area contributed by atoms with Crippen LogP contribution in [-0.2, 0) is 6.42 Å². The first-order valence-corrected chi connectivity index (χ1v) is 9.12. The van der Waals surface area contributed by atoms with Crippen LogP contribution >= 0.6 is 0 Å². The molecule has 0 saturated carbocycles. The van der Waals surface area contributed by atoms with E-state index in [2.05, 4.69) is 11.8 Å². The summed E-state index contributed by atoms with van der Waals surface area (Å²) in [6.45, 7) is 3.31. The molecule has 0 aliphatic carbocycles. The Hall–Kier alpha value is -3.32. The molecule has 0 bridgehead atoms. The molecule has 0 radical (unpaired) electrons. The van der Waals surface area contributed by atoms with E-state index < -0.39 is 23.3 Å². The van der Waals surface area contributed by atoms with E-state index in [9.17, 15) is 17.6 Å². The minimum atomic E-state index is -0.978. The van der Waals surface area contributed by atoms with E-state index in [-0.39, 0.29) is 16.7 Å². The summed E-state index contributed by atoms with van der Waals surface area (Å²) in [7, 11) is 0. The highest BCUT2D eigenvalue weighted by Crippen LogP contribution is 2.27. The summed E-state index contributed by atoms with van der Waals surface area (Å²) in [6, 6.07) is 12.7. The van der Waals surface area contributed by atoms with E-state index in [0.717, 1.165) is 0 Å². The Morgan fingerprint density at radius 1 is 0.759 bits per heavy atom. The fourth-order valence-electron chi connectivity index (χ4n) is 2.97. The molecule has 3 rings (SSSR count). The first-order valence-electron chi connectivity index (χ1n) is 9.12. The van der Waals surface area contributed by atoms with Crippen LogP contribution < -0.4 is 0 Å². The van der Waals surface area contributed by atoms with Gasteiger partial charge < -0.3 is 0 Å². The van der Waals surface area contributed by atoms with Gasteiger partial charge in [-0.15, -0.1) is 5.92 Å². The SMILES string of the molecule is CC#Cc1ccc(-c2ccc(/C=C/c3ccc(CC)c(F)c3F)cc2)c(F)c1F. The molecule has 0 aliphatic rings. The summed E-state index contributed by atoms with van der Waals surface area (Å²) in [4.78, 5) is 0. The van der Waals surface area contributed by atoms with Crippen LogP contribution in [0.3, 0.4) is 0 Å². The van der Waals surface area contributed by atoms with Crippen molar-refractivity contribution in [3.05, 3.63) is 94.1 Å². The lowest BCUT2D eigenvalue weighted by Crippen LogP contribution is -1.95. The maximum Gasteiger partial charge on any atom is 0.175 e. The van der Waals surface area contributed by atoms with Gasteiger partial charge in [0.05, 0.1) is 5.56 Å². The highest BCUT2D eigenvalue weighted by molar-refractivity contribution is 5.73. The third-order valence-electron chi connectivity index (χ3n) is 4.59. The van der Waals surface area contributed by atoms with Gasteiger partial charge in [-0.2, -0.15) is 0 Å². The number of hydrogen-bond donors (Lipinski definition) is 0. The average Bonchev–Trinajstić information content (AvgIpc) is 2.73. The Morgan fingerprint density at radius 2 is 1.48 bits per heavy atom. The first kappa shape index (κ1) is 20.4. The maximum absolute atomic E-state index is 14.4. The zero-order valence-corrected chi connectivity index (χ0v) is 16.0. The second kappa shape index (κ2) is 8.79. The minimum absolute atomic E-state index is 0.0108. The molecule has 4 heteroatoms. The molecule has 0 atom stereocenters. The largest absolute Gasteiger partial charge is 0.203 e. The van der Waals surface area contributed by atoms with Crippen molar-refractivity contribution in [2.75, 3.05) is 0 Å². The van der Waals surface area contributed by atoms with Crippen LogP contribution in [0.5, 0.6) is 0 Å². The Balaban J connectivity index is 1.86. The molecule has 146 valence electrons. The monoisotopic (exact) mass is 394 g/mol. The smallest absolute Gasteiger partial charge is 0.175 e. The molecule has 0 nitrogen and oxygen atoms in total. The molecule has 0 spiro atoms. The van der Waals surface area contributed by atoms with E-state index in [0.29, 0.717) is 23.1 Å². The molecule has 0 aromatic heterocycles. The quantitative estimate of drug-likeness (QED) is 0.254. The first-order chi connectivity index (χ1) is 14.0. The topological polar surface area (TPSA) is 0 Å². The van der Waals surface area contributed by atoms with E-state index in [1.54, 1.807) is 50.3 Å². The van der Waals surface area contributed by atoms with Crippen molar-refractivity contribution < 1.29 is 17.6 Å².